The number of carbonyl (C=O) groups excluding carboxylic acids is 3. The molecule has 1 aromatic rings. The Morgan fingerprint density at radius 2 is 1.97 bits per heavy atom. The number of fused-ring (bicyclic) bond motifs is 1. The number of amides is 3. The molecule has 4 heterocycles. The van der Waals surface area contributed by atoms with Gasteiger partial charge in [-0.15, -0.1) is 11.8 Å². The van der Waals surface area contributed by atoms with Crippen molar-refractivity contribution in [3.8, 4) is 0 Å². The number of nitrogens with one attached hydrogen (secondary N) is 2. The summed E-state index contributed by atoms with van der Waals surface area (Å²) in [5.41, 5.74) is -0.451. The van der Waals surface area contributed by atoms with Crippen LogP contribution >= 0.6 is 11.8 Å². The smallest absolute Gasteiger partial charge is 0.246 e. The van der Waals surface area contributed by atoms with Crippen LogP contribution in [0.15, 0.2) is 41.3 Å². The minimum absolute atomic E-state index is 0.105. The second-order valence-corrected chi connectivity index (χ2v) is 11.8. The molecule has 1 aromatic carbocycles. The van der Waals surface area contributed by atoms with Gasteiger partial charge in [-0.2, -0.15) is 0 Å². The van der Waals surface area contributed by atoms with Gasteiger partial charge in [-0.3, -0.25) is 14.4 Å². The highest BCUT2D eigenvalue weighted by Gasteiger charge is 2.73. The van der Waals surface area contributed by atoms with Crippen LogP contribution in [-0.4, -0.2) is 71.9 Å². The highest BCUT2D eigenvalue weighted by atomic mass is 32.2. The summed E-state index contributed by atoms with van der Waals surface area (Å²) in [6.07, 6.45) is 12.2. The number of anilines is 1. The molecule has 37 heavy (non-hydrogen) atoms. The van der Waals surface area contributed by atoms with Gasteiger partial charge in [-0.1, -0.05) is 37.5 Å². The second kappa shape index (κ2) is 10.1. The minimum atomic E-state index is -1.14. The predicted octanol–water partition coefficient (Wildman–Crippen LogP) is 3.13. The van der Waals surface area contributed by atoms with E-state index in [2.05, 4.69) is 10.6 Å². The number of hydrogen-bond acceptors (Lipinski definition) is 6. The summed E-state index contributed by atoms with van der Waals surface area (Å²) in [5.74, 6) is -2.06. The van der Waals surface area contributed by atoms with Gasteiger partial charge >= 0.3 is 0 Å². The van der Waals surface area contributed by atoms with Crippen molar-refractivity contribution in [3.63, 3.8) is 0 Å². The molecule has 1 aliphatic carbocycles. The van der Waals surface area contributed by atoms with Crippen molar-refractivity contribution in [2.24, 2.45) is 11.8 Å². The van der Waals surface area contributed by atoms with Crippen molar-refractivity contribution in [1.82, 2.24) is 10.2 Å². The third-order valence-electron chi connectivity index (χ3n) is 8.64. The van der Waals surface area contributed by atoms with Crippen LogP contribution in [0.2, 0.25) is 0 Å². The fourth-order valence-corrected chi connectivity index (χ4v) is 7.38. The van der Waals surface area contributed by atoms with Gasteiger partial charge in [0.15, 0.2) is 0 Å². The molecule has 1 spiro atoms. The number of carbonyl (C=O) groups is 3. The molecule has 2 bridgehead atoms. The van der Waals surface area contributed by atoms with Crippen molar-refractivity contribution in [1.29, 1.82) is 0 Å². The molecule has 198 valence electrons. The quantitative estimate of drug-likeness (QED) is 0.420. The normalized spacial score (nSPS) is 34.7. The van der Waals surface area contributed by atoms with Crippen molar-refractivity contribution >= 4 is 35.2 Å². The zero-order chi connectivity index (χ0) is 25.6. The van der Waals surface area contributed by atoms with E-state index in [-0.39, 0.29) is 29.9 Å². The lowest BCUT2D eigenvalue weighted by Gasteiger charge is -2.34. The largest absolute Gasteiger partial charge is 0.376 e. The summed E-state index contributed by atoms with van der Waals surface area (Å²) in [7, 11) is 0. The van der Waals surface area contributed by atoms with E-state index in [0.29, 0.717) is 18.8 Å². The summed E-state index contributed by atoms with van der Waals surface area (Å²) in [5, 5.41) is 6.24. The standard InChI is InChI=1S/C28H35N3O5S/c1-37-20-11-5-9-18(15-20)30-25(32)22-21-12-13-28(36-21)23(22)27(34)31(16-19-10-6-14-35-19)24(28)26(33)29-17-7-3-2-4-8-17/h5,9,11-13,15,17,19,21-24H,2-4,6-8,10,14,16H2,1H3,(H,29,33)(H,30,32)/t19-,21+,22-,23+,24+,28+/m0/s1. The average molecular weight is 526 g/mol. The van der Waals surface area contributed by atoms with E-state index < -0.39 is 29.6 Å². The number of ether oxygens (including phenoxy) is 2. The lowest BCUT2D eigenvalue weighted by molar-refractivity contribution is -0.143. The third kappa shape index (κ3) is 4.38. The molecule has 3 saturated heterocycles. The molecule has 4 aliphatic heterocycles. The fourth-order valence-electron chi connectivity index (χ4n) is 6.93. The molecule has 6 rings (SSSR count). The van der Waals surface area contributed by atoms with Crippen LogP contribution in [0.3, 0.4) is 0 Å². The number of thioether (sulfide) groups is 1. The van der Waals surface area contributed by atoms with Crippen LogP contribution in [0.1, 0.15) is 44.9 Å². The third-order valence-corrected chi connectivity index (χ3v) is 9.36. The summed E-state index contributed by atoms with van der Waals surface area (Å²) in [6.45, 7) is 1.00. The van der Waals surface area contributed by atoms with Crippen LogP contribution in [0, 0.1) is 11.8 Å². The molecular formula is C28H35N3O5S. The van der Waals surface area contributed by atoms with Crippen LogP contribution in [0.4, 0.5) is 5.69 Å². The molecule has 4 fully saturated rings. The Kier molecular flexibility index (Phi) is 6.79. The molecule has 1 saturated carbocycles. The van der Waals surface area contributed by atoms with E-state index in [4.69, 9.17) is 9.47 Å². The van der Waals surface area contributed by atoms with E-state index in [1.165, 1.54) is 6.42 Å². The maximum atomic E-state index is 14.0. The van der Waals surface area contributed by atoms with Crippen LogP contribution < -0.4 is 10.6 Å². The number of hydrogen-bond donors (Lipinski definition) is 2. The van der Waals surface area contributed by atoms with E-state index in [1.807, 2.05) is 42.7 Å². The molecule has 6 atom stereocenters. The van der Waals surface area contributed by atoms with Gasteiger partial charge in [0.2, 0.25) is 17.7 Å². The number of benzene rings is 1. The van der Waals surface area contributed by atoms with Gasteiger partial charge in [0.25, 0.3) is 0 Å². The first-order valence-corrected chi connectivity index (χ1v) is 14.8. The van der Waals surface area contributed by atoms with Crippen LogP contribution in [-0.2, 0) is 23.9 Å². The Labute approximate surface area is 221 Å². The number of likely N-dealkylation sites (tertiary alicyclic amines) is 1. The Balaban J connectivity index is 1.29. The van der Waals surface area contributed by atoms with Gasteiger partial charge in [0.05, 0.1) is 24.0 Å². The van der Waals surface area contributed by atoms with Crippen molar-refractivity contribution in [2.75, 3.05) is 24.7 Å². The van der Waals surface area contributed by atoms with Gasteiger partial charge in [-0.05, 0) is 50.1 Å². The topological polar surface area (TPSA) is 97.0 Å². The van der Waals surface area contributed by atoms with Crippen molar-refractivity contribution in [3.05, 3.63) is 36.4 Å². The van der Waals surface area contributed by atoms with Gasteiger partial charge < -0.3 is 25.0 Å². The van der Waals surface area contributed by atoms with Crippen molar-refractivity contribution < 1.29 is 23.9 Å². The van der Waals surface area contributed by atoms with Gasteiger partial charge in [-0.25, -0.2) is 0 Å². The van der Waals surface area contributed by atoms with E-state index in [9.17, 15) is 14.4 Å². The summed E-state index contributed by atoms with van der Waals surface area (Å²) in [4.78, 5) is 44.2. The van der Waals surface area contributed by atoms with Gasteiger partial charge in [0.1, 0.15) is 11.6 Å². The summed E-state index contributed by atoms with van der Waals surface area (Å²) < 4.78 is 12.3. The maximum Gasteiger partial charge on any atom is 0.246 e. The number of nitrogens with zero attached hydrogens (tertiary/aromatic N) is 1. The van der Waals surface area contributed by atoms with Crippen LogP contribution in [0.25, 0.3) is 0 Å². The van der Waals surface area contributed by atoms with E-state index >= 15 is 0 Å². The molecule has 0 radical (unpaired) electrons. The SMILES string of the molecule is CSc1cccc(NC(=O)[C@H]2[C@H]3C=C[C@@]4(O3)[C@H]2C(=O)N(C[C@@H]2CCCO2)[C@@H]4C(=O)NC2CCCCC2)c1. The summed E-state index contributed by atoms with van der Waals surface area (Å²) >= 11 is 1.60. The zero-order valence-electron chi connectivity index (χ0n) is 21.2. The predicted molar refractivity (Wildman–Crippen MR) is 140 cm³/mol. The molecule has 3 amide bonds. The zero-order valence-corrected chi connectivity index (χ0v) is 22.0. The Morgan fingerprint density at radius 1 is 1.14 bits per heavy atom. The first kappa shape index (κ1) is 24.9. The molecular weight excluding hydrogens is 490 g/mol. The van der Waals surface area contributed by atoms with E-state index in [1.54, 1.807) is 16.7 Å². The highest BCUT2D eigenvalue weighted by Crippen LogP contribution is 2.55. The summed E-state index contributed by atoms with van der Waals surface area (Å²) in [6, 6.07) is 6.95. The monoisotopic (exact) mass is 525 g/mol. The molecule has 0 unspecified atom stereocenters. The first-order chi connectivity index (χ1) is 18.0. The average Bonchev–Trinajstić information content (AvgIpc) is 3.68. The van der Waals surface area contributed by atoms with Crippen LogP contribution in [0.5, 0.6) is 0 Å². The molecule has 8 nitrogen and oxygen atoms in total. The highest BCUT2D eigenvalue weighted by molar-refractivity contribution is 7.98. The second-order valence-electron chi connectivity index (χ2n) is 10.9. The maximum absolute atomic E-state index is 14.0. The molecule has 0 aromatic heterocycles. The molecule has 2 N–H and O–H groups in total. The Hall–Kier alpha value is -2.36. The minimum Gasteiger partial charge on any atom is -0.376 e. The van der Waals surface area contributed by atoms with Crippen molar-refractivity contribution in [2.45, 2.75) is 79.7 Å². The Morgan fingerprint density at radius 3 is 2.73 bits per heavy atom. The van der Waals surface area contributed by atoms with Gasteiger partial charge in [0, 0.05) is 29.8 Å². The first-order valence-electron chi connectivity index (χ1n) is 13.5. The fraction of sp³-hybridized carbons (Fsp3) is 0.607. The lowest BCUT2D eigenvalue weighted by Crippen LogP contribution is -2.57. The molecule has 5 aliphatic rings. The Bertz CT molecular complexity index is 1100. The van der Waals surface area contributed by atoms with E-state index in [0.717, 1.165) is 43.4 Å². The molecule has 9 heteroatoms. The lowest BCUT2D eigenvalue weighted by atomic mass is 9.74. The number of rotatable bonds is 7.